The van der Waals surface area contributed by atoms with Crippen LogP contribution in [-0.2, 0) is 14.8 Å². The maximum absolute atomic E-state index is 12.9. The smallest absolute Gasteiger partial charge is 0.243 e. The number of hydrogen-bond donors (Lipinski definition) is 1. The molecule has 1 aromatic carbocycles. The SMILES string of the molecule is CC(C)c1ccc(S(=O)(=O)N2CCC(C(=O)NC(C)c3cccs3)CC2)cc1. The Labute approximate surface area is 171 Å². The summed E-state index contributed by atoms with van der Waals surface area (Å²) in [6.45, 7) is 6.89. The van der Waals surface area contributed by atoms with Crippen molar-refractivity contribution in [3.63, 3.8) is 0 Å². The average Bonchev–Trinajstić information content (AvgIpc) is 3.23. The topological polar surface area (TPSA) is 66.5 Å². The zero-order valence-corrected chi connectivity index (χ0v) is 18.2. The number of hydrogen-bond acceptors (Lipinski definition) is 4. The fraction of sp³-hybridized carbons (Fsp3) is 0.476. The minimum atomic E-state index is -3.51. The lowest BCUT2D eigenvalue weighted by Crippen LogP contribution is -2.43. The minimum absolute atomic E-state index is 0.0132. The zero-order valence-electron chi connectivity index (χ0n) is 16.6. The molecule has 1 saturated heterocycles. The fourth-order valence-electron chi connectivity index (χ4n) is 3.47. The second kappa shape index (κ2) is 8.76. The standard InChI is InChI=1S/C21H28N2O3S2/c1-15(2)17-6-8-19(9-7-17)28(25,26)23-12-10-18(11-13-23)21(24)22-16(3)20-5-4-14-27-20/h4-9,14-16,18H,10-13H2,1-3H3,(H,22,24). The Kier molecular flexibility index (Phi) is 6.58. The molecule has 5 nitrogen and oxygen atoms in total. The summed E-state index contributed by atoms with van der Waals surface area (Å²) in [6, 6.07) is 11.1. The molecule has 1 aromatic heterocycles. The van der Waals surface area contributed by atoms with Gasteiger partial charge in [0, 0.05) is 23.9 Å². The van der Waals surface area contributed by atoms with E-state index in [1.54, 1.807) is 23.5 Å². The van der Waals surface area contributed by atoms with Crippen LogP contribution >= 0.6 is 11.3 Å². The van der Waals surface area contributed by atoms with Crippen LogP contribution in [0.5, 0.6) is 0 Å². The molecule has 0 bridgehead atoms. The highest BCUT2D eigenvalue weighted by molar-refractivity contribution is 7.89. The van der Waals surface area contributed by atoms with Crippen molar-refractivity contribution in [2.75, 3.05) is 13.1 Å². The molecular formula is C21H28N2O3S2. The van der Waals surface area contributed by atoms with Crippen molar-refractivity contribution >= 4 is 27.3 Å². The molecule has 1 N–H and O–H groups in total. The van der Waals surface area contributed by atoms with Crippen LogP contribution in [0, 0.1) is 5.92 Å². The number of thiophene rings is 1. The van der Waals surface area contributed by atoms with E-state index in [2.05, 4.69) is 19.2 Å². The summed E-state index contributed by atoms with van der Waals surface area (Å²) in [7, 11) is -3.51. The van der Waals surface area contributed by atoms with Crippen molar-refractivity contribution in [3.8, 4) is 0 Å². The molecule has 2 aromatic rings. The summed E-state index contributed by atoms with van der Waals surface area (Å²) in [5.41, 5.74) is 1.12. The highest BCUT2D eigenvalue weighted by Gasteiger charge is 2.32. The van der Waals surface area contributed by atoms with Gasteiger partial charge in [-0.3, -0.25) is 4.79 Å². The van der Waals surface area contributed by atoms with Gasteiger partial charge in [-0.15, -0.1) is 11.3 Å². The van der Waals surface area contributed by atoms with Crippen molar-refractivity contribution < 1.29 is 13.2 Å². The van der Waals surface area contributed by atoms with E-state index in [0.29, 0.717) is 36.7 Å². The molecular weight excluding hydrogens is 392 g/mol. The van der Waals surface area contributed by atoms with Crippen LogP contribution in [-0.4, -0.2) is 31.7 Å². The third kappa shape index (κ3) is 4.64. The first-order chi connectivity index (χ1) is 13.3. The highest BCUT2D eigenvalue weighted by Crippen LogP contribution is 2.26. The third-order valence-corrected chi connectivity index (χ3v) is 8.31. The first-order valence-corrected chi connectivity index (χ1v) is 12.0. The van der Waals surface area contributed by atoms with E-state index in [1.807, 2.05) is 36.6 Å². The molecule has 1 unspecified atom stereocenters. The van der Waals surface area contributed by atoms with Gasteiger partial charge < -0.3 is 5.32 Å². The molecule has 0 spiro atoms. The maximum Gasteiger partial charge on any atom is 0.243 e. The number of benzene rings is 1. The van der Waals surface area contributed by atoms with Crippen molar-refractivity contribution in [2.24, 2.45) is 5.92 Å². The number of carbonyl (C=O) groups is 1. The van der Waals surface area contributed by atoms with Gasteiger partial charge in [-0.05, 0) is 54.8 Å². The summed E-state index contributed by atoms with van der Waals surface area (Å²) in [5, 5.41) is 5.05. The number of piperidine rings is 1. The summed E-state index contributed by atoms with van der Waals surface area (Å²) in [6.07, 6.45) is 1.10. The molecule has 7 heteroatoms. The summed E-state index contributed by atoms with van der Waals surface area (Å²) in [4.78, 5) is 14.0. The van der Waals surface area contributed by atoms with Crippen LogP contribution < -0.4 is 5.32 Å². The lowest BCUT2D eigenvalue weighted by atomic mass is 9.97. The van der Waals surface area contributed by atoms with Crippen LogP contribution in [0.2, 0.25) is 0 Å². The average molecular weight is 421 g/mol. The number of carbonyl (C=O) groups excluding carboxylic acids is 1. The van der Waals surface area contributed by atoms with E-state index in [4.69, 9.17) is 0 Å². The van der Waals surface area contributed by atoms with Gasteiger partial charge in [-0.2, -0.15) is 4.31 Å². The summed E-state index contributed by atoms with van der Waals surface area (Å²) >= 11 is 1.62. The summed E-state index contributed by atoms with van der Waals surface area (Å²) in [5.74, 6) is 0.235. The third-order valence-electron chi connectivity index (χ3n) is 5.34. The predicted molar refractivity (Wildman–Crippen MR) is 113 cm³/mol. The molecule has 3 rings (SSSR count). The Morgan fingerprint density at radius 2 is 1.75 bits per heavy atom. The lowest BCUT2D eigenvalue weighted by Gasteiger charge is -2.31. The number of nitrogens with one attached hydrogen (secondary N) is 1. The molecule has 152 valence electrons. The Bertz CT molecular complexity index is 882. The van der Waals surface area contributed by atoms with Gasteiger partial charge in [0.1, 0.15) is 0 Å². The quantitative estimate of drug-likeness (QED) is 0.763. The molecule has 1 atom stereocenters. The van der Waals surface area contributed by atoms with E-state index in [-0.39, 0.29) is 17.9 Å². The van der Waals surface area contributed by atoms with Crippen molar-refractivity contribution in [1.82, 2.24) is 9.62 Å². The number of rotatable bonds is 6. The van der Waals surface area contributed by atoms with Gasteiger partial charge in [0.2, 0.25) is 15.9 Å². The number of nitrogens with zero attached hydrogens (tertiary/aromatic N) is 1. The molecule has 0 radical (unpaired) electrons. The fourth-order valence-corrected chi connectivity index (χ4v) is 5.68. The number of amides is 1. The zero-order chi connectivity index (χ0) is 20.3. The van der Waals surface area contributed by atoms with E-state index in [1.165, 1.54) is 4.31 Å². The molecule has 1 fully saturated rings. The van der Waals surface area contributed by atoms with Gasteiger partial charge in [0.15, 0.2) is 0 Å². The maximum atomic E-state index is 12.9. The molecule has 1 aliphatic rings. The molecule has 1 aliphatic heterocycles. The van der Waals surface area contributed by atoms with Crippen molar-refractivity contribution in [2.45, 2.75) is 50.5 Å². The van der Waals surface area contributed by atoms with E-state index < -0.39 is 10.0 Å². The second-order valence-corrected chi connectivity index (χ2v) is 10.6. The van der Waals surface area contributed by atoms with E-state index in [0.717, 1.165) is 10.4 Å². The van der Waals surface area contributed by atoms with E-state index >= 15 is 0 Å². The number of sulfonamides is 1. The molecule has 0 aliphatic carbocycles. The molecule has 0 saturated carbocycles. The van der Waals surface area contributed by atoms with Gasteiger partial charge in [0.05, 0.1) is 10.9 Å². The monoisotopic (exact) mass is 420 g/mol. The van der Waals surface area contributed by atoms with Crippen LogP contribution in [0.4, 0.5) is 0 Å². The Balaban J connectivity index is 1.58. The first kappa shape index (κ1) is 21.0. The van der Waals surface area contributed by atoms with Crippen LogP contribution in [0.15, 0.2) is 46.7 Å². The highest BCUT2D eigenvalue weighted by atomic mass is 32.2. The van der Waals surface area contributed by atoms with Crippen LogP contribution in [0.1, 0.15) is 56.0 Å². The van der Waals surface area contributed by atoms with Gasteiger partial charge in [0.25, 0.3) is 0 Å². The van der Waals surface area contributed by atoms with Gasteiger partial charge in [-0.25, -0.2) is 8.42 Å². The Hall–Kier alpha value is -1.70. The minimum Gasteiger partial charge on any atom is -0.349 e. The Morgan fingerprint density at radius 1 is 1.11 bits per heavy atom. The summed E-state index contributed by atoms with van der Waals surface area (Å²) < 4.78 is 27.3. The molecule has 1 amide bonds. The Morgan fingerprint density at radius 3 is 2.29 bits per heavy atom. The molecule has 2 heterocycles. The second-order valence-electron chi connectivity index (χ2n) is 7.65. The largest absolute Gasteiger partial charge is 0.349 e. The van der Waals surface area contributed by atoms with Crippen molar-refractivity contribution in [1.29, 1.82) is 0 Å². The predicted octanol–water partition coefficient (Wildman–Crippen LogP) is 4.15. The van der Waals surface area contributed by atoms with Gasteiger partial charge >= 0.3 is 0 Å². The van der Waals surface area contributed by atoms with Crippen molar-refractivity contribution in [3.05, 3.63) is 52.2 Å². The van der Waals surface area contributed by atoms with E-state index in [9.17, 15) is 13.2 Å². The molecule has 28 heavy (non-hydrogen) atoms. The van der Waals surface area contributed by atoms with Crippen LogP contribution in [0.25, 0.3) is 0 Å². The van der Waals surface area contributed by atoms with Crippen LogP contribution in [0.3, 0.4) is 0 Å². The van der Waals surface area contributed by atoms with Gasteiger partial charge in [-0.1, -0.05) is 32.0 Å². The normalized spacial score (nSPS) is 17.6. The first-order valence-electron chi connectivity index (χ1n) is 9.73. The lowest BCUT2D eigenvalue weighted by molar-refractivity contribution is -0.126.